The van der Waals surface area contributed by atoms with Gasteiger partial charge < -0.3 is 15.3 Å². The van der Waals surface area contributed by atoms with Crippen LogP contribution < -0.4 is 5.32 Å². The van der Waals surface area contributed by atoms with Crippen LogP contribution in [0, 0.1) is 5.92 Å². The molecule has 1 fully saturated rings. The van der Waals surface area contributed by atoms with E-state index < -0.39 is 0 Å². The highest BCUT2D eigenvalue weighted by molar-refractivity contribution is 5.97. The first kappa shape index (κ1) is 14.2. The van der Waals surface area contributed by atoms with Crippen LogP contribution >= 0.6 is 0 Å². The monoisotopic (exact) mass is 284 g/mol. The molecule has 2 atom stereocenters. The molecule has 0 amide bonds. The van der Waals surface area contributed by atoms with Crippen molar-refractivity contribution in [2.45, 2.75) is 25.8 Å². The third kappa shape index (κ3) is 2.98. The fourth-order valence-corrected chi connectivity index (χ4v) is 3.40. The van der Waals surface area contributed by atoms with Crippen molar-refractivity contribution in [3.63, 3.8) is 0 Å². The summed E-state index contributed by atoms with van der Waals surface area (Å²) in [5, 5.41) is 15.6. The fourth-order valence-electron chi connectivity index (χ4n) is 3.40. The molecule has 0 bridgehead atoms. The molecule has 3 rings (SSSR count). The second kappa shape index (κ2) is 5.94. The Balaban J connectivity index is 1.83. The van der Waals surface area contributed by atoms with Gasteiger partial charge in [-0.25, -0.2) is 0 Å². The fraction of sp³-hybridized carbons (Fsp3) is 0.444. The third-order valence-electron chi connectivity index (χ3n) is 4.65. The van der Waals surface area contributed by atoms with E-state index in [2.05, 4.69) is 36.3 Å². The van der Waals surface area contributed by atoms with E-state index in [0.717, 1.165) is 23.0 Å². The standard InChI is InChI=1S/C18H24N2O/c1-13(14-6-5-11-20(2)12-14)19-17-9-3-8-16-15(17)7-4-10-18(16)21/h3-4,7-10,13-14,19,21H,5-6,11-12H2,1-2H3. The molecule has 2 unspecified atom stereocenters. The molecule has 3 nitrogen and oxygen atoms in total. The highest BCUT2D eigenvalue weighted by Gasteiger charge is 2.23. The van der Waals surface area contributed by atoms with E-state index in [9.17, 15) is 5.11 Å². The molecule has 1 saturated heterocycles. The number of rotatable bonds is 3. The lowest BCUT2D eigenvalue weighted by Crippen LogP contribution is -2.39. The second-order valence-electron chi connectivity index (χ2n) is 6.28. The van der Waals surface area contributed by atoms with Gasteiger partial charge in [-0.05, 0) is 51.4 Å². The summed E-state index contributed by atoms with van der Waals surface area (Å²) in [5.74, 6) is 1.03. The molecule has 1 aliphatic rings. The molecule has 2 aromatic rings. The summed E-state index contributed by atoms with van der Waals surface area (Å²) >= 11 is 0. The molecule has 0 radical (unpaired) electrons. The van der Waals surface area contributed by atoms with E-state index in [1.807, 2.05) is 18.2 Å². The average Bonchev–Trinajstić information content (AvgIpc) is 2.48. The van der Waals surface area contributed by atoms with Crippen LogP contribution in [-0.4, -0.2) is 36.2 Å². The summed E-state index contributed by atoms with van der Waals surface area (Å²) in [6, 6.07) is 12.2. The van der Waals surface area contributed by atoms with Gasteiger partial charge in [-0.2, -0.15) is 0 Å². The Kier molecular flexibility index (Phi) is 4.02. The zero-order valence-electron chi connectivity index (χ0n) is 12.8. The number of fused-ring (bicyclic) bond motifs is 1. The van der Waals surface area contributed by atoms with Crippen LogP contribution in [0.25, 0.3) is 10.8 Å². The molecule has 2 aromatic carbocycles. The number of likely N-dealkylation sites (tertiary alicyclic amines) is 1. The van der Waals surface area contributed by atoms with Gasteiger partial charge in [0.2, 0.25) is 0 Å². The average molecular weight is 284 g/mol. The minimum atomic E-state index is 0.348. The van der Waals surface area contributed by atoms with E-state index in [1.165, 1.54) is 19.4 Å². The SMILES string of the molecule is CC(Nc1cccc2c(O)cccc12)C1CCCN(C)C1. The molecule has 0 aromatic heterocycles. The third-order valence-corrected chi connectivity index (χ3v) is 4.65. The number of aromatic hydroxyl groups is 1. The van der Waals surface area contributed by atoms with E-state index in [4.69, 9.17) is 0 Å². The second-order valence-corrected chi connectivity index (χ2v) is 6.28. The summed E-state index contributed by atoms with van der Waals surface area (Å²) < 4.78 is 0. The van der Waals surface area contributed by atoms with Gasteiger partial charge >= 0.3 is 0 Å². The molecule has 1 aliphatic heterocycles. The van der Waals surface area contributed by atoms with Crippen molar-refractivity contribution in [3.8, 4) is 5.75 Å². The Morgan fingerprint density at radius 3 is 2.76 bits per heavy atom. The topological polar surface area (TPSA) is 35.5 Å². The summed E-state index contributed by atoms with van der Waals surface area (Å²) in [6.07, 6.45) is 2.57. The van der Waals surface area contributed by atoms with E-state index in [-0.39, 0.29) is 0 Å². The molecular weight excluding hydrogens is 260 g/mol. The van der Waals surface area contributed by atoms with Crippen LogP contribution in [0.4, 0.5) is 5.69 Å². The maximum absolute atomic E-state index is 9.98. The first-order chi connectivity index (χ1) is 10.1. The molecule has 3 heteroatoms. The van der Waals surface area contributed by atoms with Crippen LogP contribution in [0.3, 0.4) is 0 Å². The number of piperidine rings is 1. The van der Waals surface area contributed by atoms with Crippen LogP contribution in [0.1, 0.15) is 19.8 Å². The molecule has 112 valence electrons. The highest BCUT2D eigenvalue weighted by atomic mass is 16.3. The van der Waals surface area contributed by atoms with Crippen LogP contribution in [-0.2, 0) is 0 Å². The van der Waals surface area contributed by atoms with Gasteiger partial charge in [-0.1, -0.05) is 24.3 Å². The largest absolute Gasteiger partial charge is 0.507 e. The predicted molar refractivity (Wildman–Crippen MR) is 88.9 cm³/mol. The summed E-state index contributed by atoms with van der Waals surface area (Å²) in [6.45, 7) is 4.64. The van der Waals surface area contributed by atoms with Crippen LogP contribution in [0.15, 0.2) is 36.4 Å². The van der Waals surface area contributed by atoms with Crippen molar-refractivity contribution in [1.82, 2.24) is 4.90 Å². The van der Waals surface area contributed by atoms with Crippen molar-refractivity contribution in [2.24, 2.45) is 5.92 Å². The lowest BCUT2D eigenvalue weighted by molar-refractivity contribution is 0.198. The van der Waals surface area contributed by atoms with Crippen molar-refractivity contribution in [1.29, 1.82) is 0 Å². The zero-order chi connectivity index (χ0) is 14.8. The number of hydrogen-bond donors (Lipinski definition) is 2. The molecule has 1 heterocycles. The molecular formula is C18H24N2O. The van der Waals surface area contributed by atoms with E-state index in [1.54, 1.807) is 6.07 Å². The maximum atomic E-state index is 9.98. The summed E-state index contributed by atoms with van der Waals surface area (Å²) in [4.78, 5) is 2.42. The number of nitrogens with zero attached hydrogens (tertiary/aromatic N) is 1. The molecule has 0 saturated carbocycles. The first-order valence-corrected chi connectivity index (χ1v) is 7.81. The van der Waals surface area contributed by atoms with Crippen molar-refractivity contribution in [3.05, 3.63) is 36.4 Å². The van der Waals surface area contributed by atoms with Crippen molar-refractivity contribution < 1.29 is 5.11 Å². The van der Waals surface area contributed by atoms with Crippen molar-refractivity contribution >= 4 is 16.5 Å². The maximum Gasteiger partial charge on any atom is 0.123 e. The van der Waals surface area contributed by atoms with E-state index >= 15 is 0 Å². The van der Waals surface area contributed by atoms with Gasteiger partial charge in [0.05, 0.1) is 0 Å². The lowest BCUT2D eigenvalue weighted by Gasteiger charge is -2.34. The van der Waals surface area contributed by atoms with Crippen molar-refractivity contribution in [2.75, 3.05) is 25.5 Å². The quantitative estimate of drug-likeness (QED) is 0.902. The normalized spacial score (nSPS) is 21.3. The van der Waals surface area contributed by atoms with Gasteiger partial charge in [-0.15, -0.1) is 0 Å². The number of phenolic OH excluding ortho intramolecular Hbond substituents is 1. The number of hydrogen-bond acceptors (Lipinski definition) is 3. The highest BCUT2D eigenvalue weighted by Crippen LogP contribution is 2.31. The molecule has 2 N–H and O–H groups in total. The Morgan fingerprint density at radius 1 is 1.19 bits per heavy atom. The van der Waals surface area contributed by atoms with Gasteiger partial charge in [0.1, 0.15) is 5.75 Å². The molecule has 21 heavy (non-hydrogen) atoms. The van der Waals surface area contributed by atoms with Gasteiger partial charge in [0, 0.05) is 29.0 Å². The van der Waals surface area contributed by atoms with E-state index in [0.29, 0.717) is 17.7 Å². The Bertz CT molecular complexity index is 626. The number of anilines is 1. The Hall–Kier alpha value is -1.74. The molecule has 0 spiro atoms. The number of phenols is 1. The lowest BCUT2D eigenvalue weighted by atomic mass is 9.91. The van der Waals surface area contributed by atoms with Gasteiger partial charge in [0.25, 0.3) is 0 Å². The number of benzene rings is 2. The Labute approximate surface area is 126 Å². The Morgan fingerprint density at radius 2 is 1.95 bits per heavy atom. The molecule has 0 aliphatic carbocycles. The summed E-state index contributed by atoms with van der Waals surface area (Å²) in [5.41, 5.74) is 1.11. The predicted octanol–water partition coefficient (Wildman–Crippen LogP) is 3.69. The van der Waals surface area contributed by atoms with Gasteiger partial charge in [-0.3, -0.25) is 0 Å². The smallest absolute Gasteiger partial charge is 0.123 e. The van der Waals surface area contributed by atoms with Gasteiger partial charge in [0.15, 0.2) is 0 Å². The summed E-state index contributed by atoms with van der Waals surface area (Å²) in [7, 11) is 2.20. The minimum Gasteiger partial charge on any atom is -0.507 e. The van der Waals surface area contributed by atoms with Crippen LogP contribution in [0.2, 0.25) is 0 Å². The minimum absolute atomic E-state index is 0.348. The number of nitrogens with one attached hydrogen (secondary N) is 1. The zero-order valence-corrected chi connectivity index (χ0v) is 12.8. The first-order valence-electron chi connectivity index (χ1n) is 7.81. The van der Waals surface area contributed by atoms with Crippen LogP contribution in [0.5, 0.6) is 5.75 Å².